The van der Waals surface area contributed by atoms with Crippen LogP contribution in [0.2, 0.25) is 0 Å². The minimum atomic E-state index is -0.0742. The Labute approximate surface area is 132 Å². The number of benzene rings is 1. The van der Waals surface area contributed by atoms with Gasteiger partial charge in [-0.15, -0.1) is 11.3 Å². The molecule has 0 saturated carbocycles. The number of nitrogens with two attached hydrogens (primary N) is 1. The SMILES string of the molecule is CCC(N)C(Oc1cc(C)cc(C)c1C)c1sccc1C. The Balaban J connectivity index is 2.39. The highest BCUT2D eigenvalue weighted by Gasteiger charge is 2.24. The highest BCUT2D eigenvalue weighted by molar-refractivity contribution is 7.10. The smallest absolute Gasteiger partial charge is 0.148 e. The summed E-state index contributed by atoms with van der Waals surface area (Å²) in [5, 5.41) is 2.11. The summed E-state index contributed by atoms with van der Waals surface area (Å²) in [6.45, 7) is 10.6. The average molecular weight is 303 g/mol. The summed E-state index contributed by atoms with van der Waals surface area (Å²) >= 11 is 1.73. The lowest BCUT2D eigenvalue weighted by molar-refractivity contribution is 0.172. The first-order valence-electron chi connectivity index (χ1n) is 7.48. The highest BCUT2D eigenvalue weighted by Crippen LogP contribution is 2.34. The topological polar surface area (TPSA) is 35.2 Å². The fraction of sp³-hybridized carbons (Fsp3) is 0.444. The van der Waals surface area contributed by atoms with Crippen LogP contribution in [0.1, 0.15) is 46.6 Å². The second-order valence-electron chi connectivity index (χ2n) is 5.78. The second kappa shape index (κ2) is 6.63. The standard InChI is InChI=1S/C18H25NOS/c1-6-15(19)17(18-12(3)7-8-21-18)20-16-10-11(2)9-13(4)14(16)5/h7-10,15,17H,6,19H2,1-5H3. The molecular formula is C18H25NOS. The van der Waals surface area contributed by atoms with E-state index in [2.05, 4.69) is 58.2 Å². The van der Waals surface area contributed by atoms with Crippen molar-refractivity contribution in [2.24, 2.45) is 5.73 Å². The number of aryl methyl sites for hydroxylation is 3. The van der Waals surface area contributed by atoms with Gasteiger partial charge in [0.15, 0.2) is 0 Å². The van der Waals surface area contributed by atoms with Crippen LogP contribution in [-0.4, -0.2) is 6.04 Å². The molecule has 0 saturated heterocycles. The van der Waals surface area contributed by atoms with Crippen LogP contribution < -0.4 is 10.5 Å². The molecule has 2 rings (SSSR count). The van der Waals surface area contributed by atoms with E-state index >= 15 is 0 Å². The fourth-order valence-electron chi connectivity index (χ4n) is 2.49. The van der Waals surface area contributed by atoms with Crippen LogP contribution in [-0.2, 0) is 0 Å². The quantitative estimate of drug-likeness (QED) is 0.858. The Bertz CT molecular complexity index is 618. The Morgan fingerprint density at radius 2 is 1.86 bits per heavy atom. The number of thiophene rings is 1. The van der Waals surface area contributed by atoms with Crippen molar-refractivity contribution in [2.45, 2.75) is 53.2 Å². The fourth-order valence-corrected chi connectivity index (χ4v) is 3.52. The molecule has 1 aromatic carbocycles. The maximum atomic E-state index is 6.37. The van der Waals surface area contributed by atoms with E-state index in [1.807, 2.05) is 0 Å². The predicted molar refractivity (Wildman–Crippen MR) is 91.3 cm³/mol. The molecule has 114 valence electrons. The molecule has 3 heteroatoms. The monoisotopic (exact) mass is 303 g/mol. The van der Waals surface area contributed by atoms with Crippen LogP contribution in [0.25, 0.3) is 0 Å². The van der Waals surface area contributed by atoms with E-state index in [1.165, 1.54) is 27.1 Å². The van der Waals surface area contributed by atoms with Gasteiger partial charge in [-0.25, -0.2) is 0 Å². The van der Waals surface area contributed by atoms with Gasteiger partial charge in [0, 0.05) is 10.9 Å². The summed E-state index contributed by atoms with van der Waals surface area (Å²) in [5.41, 5.74) is 11.3. The minimum Gasteiger partial charge on any atom is -0.483 e. The van der Waals surface area contributed by atoms with Gasteiger partial charge in [-0.2, -0.15) is 0 Å². The maximum absolute atomic E-state index is 6.37. The number of ether oxygens (including phenoxy) is 1. The molecule has 0 radical (unpaired) electrons. The third kappa shape index (κ3) is 3.47. The van der Waals surface area contributed by atoms with Crippen molar-refractivity contribution in [1.29, 1.82) is 0 Å². The number of hydrogen-bond acceptors (Lipinski definition) is 3. The Kier molecular flexibility index (Phi) is 5.07. The molecule has 0 amide bonds. The molecule has 21 heavy (non-hydrogen) atoms. The van der Waals surface area contributed by atoms with E-state index in [0.717, 1.165) is 12.2 Å². The van der Waals surface area contributed by atoms with Crippen molar-refractivity contribution in [1.82, 2.24) is 0 Å². The van der Waals surface area contributed by atoms with Crippen LogP contribution in [0.4, 0.5) is 0 Å². The molecule has 0 aliphatic rings. The lowest BCUT2D eigenvalue weighted by Gasteiger charge is -2.26. The lowest BCUT2D eigenvalue weighted by atomic mass is 10.0. The molecule has 0 fully saturated rings. The molecule has 2 N–H and O–H groups in total. The first kappa shape index (κ1) is 16.1. The van der Waals surface area contributed by atoms with Crippen LogP contribution in [0.3, 0.4) is 0 Å². The largest absolute Gasteiger partial charge is 0.483 e. The first-order chi connectivity index (χ1) is 9.93. The average Bonchev–Trinajstić information content (AvgIpc) is 2.86. The lowest BCUT2D eigenvalue weighted by Crippen LogP contribution is -2.31. The molecule has 0 aliphatic carbocycles. The molecule has 0 bridgehead atoms. The Hall–Kier alpha value is -1.32. The zero-order chi connectivity index (χ0) is 15.6. The Morgan fingerprint density at radius 3 is 2.43 bits per heavy atom. The van der Waals surface area contributed by atoms with E-state index in [-0.39, 0.29) is 12.1 Å². The zero-order valence-electron chi connectivity index (χ0n) is 13.6. The van der Waals surface area contributed by atoms with Crippen molar-refractivity contribution >= 4 is 11.3 Å². The summed E-state index contributed by atoms with van der Waals surface area (Å²) in [7, 11) is 0. The van der Waals surface area contributed by atoms with Gasteiger partial charge in [-0.3, -0.25) is 0 Å². The van der Waals surface area contributed by atoms with Crippen LogP contribution >= 0.6 is 11.3 Å². The molecule has 2 nitrogen and oxygen atoms in total. The summed E-state index contributed by atoms with van der Waals surface area (Å²) in [4.78, 5) is 1.24. The molecular weight excluding hydrogens is 278 g/mol. The van der Waals surface area contributed by atoms with Gasteiger partial charge in [-0.05, 0) is 73.9 Å². The van der Waals surface area contributed by atoms with E-state index in [0.29, 0.717) is 0 Å². The molecule has 0 aliphatic heterocycles. The summed E-state index contributed by atoms with van der Waals surface area (Å²) in [6.07, 6.45) is 0.821. The van der Waals surface area contributed by atoms with Gasteiger partial charge in [0.05, 0.1) is 0 Å². The molecule has 2 atom stereocenters. The summed E-state index contributed by atoms with van der Waals surface area (Å²) in [6, 6.07) is 6.43. The molecule has 2 unspecified atom stereocenters. The van der Waals surface area contributed by atoms with Crippen LogP contribution in [0.5, 0.6) is 5.75 Å². The third-order valence-electron chi connectivity index (χ3n) is 4.04. The van der Waals surface area contributed by atoms with Crippen molar-refractivity contribution in [3.05, 3.63) is 50.7 Å². The molecule has 1 aromatic heterocycles. The van der Waals surface area contributed by atoms with Gasteiger partial charge >= 0.3 is 0 Å². The second-order valence-corrected chi connectivity index (χ2v) is 6.73. The van der Waals surface area contributed by atoms with Crippen LogP contribution in [0, 0.1) is 27.7 Å². The van der Waals surface area contributed by atoms with Crippen LogP contribution in [0.15, 0.2) is 23.6 Å². The van der Waals surface area contributed by atoms with E-state index in [9.17, 15) is 0 Å². The van der Waals surface area contributed by atoms with Gasteiger partial charge in [0.1, 0.15) is 11.9 Å². The van der Waals surface area contributed by atoms with E-state index in [4.69, 9.17) is 10.5 Å². The Morgan fingerprint density at radius 1 is 1.14 bits per heavy atom. The zero-order valence-corrected chi connectivity index (χ0v) is 14.4. The van der Waals surface area contributed by atoms with Crippen molar-refractivity contribution < 1.29 is 4.74 Å². The van der Waals surface area contributed by atoms with Gasteiger partial charge in [0.25, 0.3) is 0 Å². The minimum absolute atomic E-state index is 0.00238. The first-order valence-corrected chi connectivity index (χ1v) is 8.36. The molecule has 2 aromatic rings. The third-order valence-corrected chi connectivity index (χ3v) is 5.12. The summed E-state index contributed by atoms with van der Waals surface area (Å²) in [5.74, 6) is 0.953. The van der Waals surface area contributed by atoms with Gasteiger partial charge in [-0.1, -0.05) is 13.0 Å². The maximum Gasteiger partial charge on any atom is 0.148 e. The van der Waals surface area contributed by atoms with E-state index < -0.39 is 0 Å². The van der Waals surface area contributed by atoms with E-state index in [1.54, 1.807) is 11.3 Å². The predicted octanol–water partition coefficient (Wildman–Crippen LogP) is 4.84. The van der Waals surface area contributed by atoms with Crippen molar-refractivity contribution in [2.75, 3.05) is 0 Å². The summed E-state index contributed by atoms with van der Waals surface area (Å²) < 4.78 is 6.37. The molecule has 1 heterocycles. The van der Waals surface area contributed by atoms with Gasteiger partial charge in [0.2, 0.25) is 0 Å². The highest BCUT2D eigenvalue weighted by atomic mass is 32.1. The van der Waals surface area contributed by atoms with Crippen molar-refractivity contribution in [3.8, 4) is 5.75 Å². The van der Waals surface area contributed by atoms with Gasteiger partial charge < -0.3 is 10.5 Å². The number of hydrogen-bond donors (Lipinski definition) is 1. The van der Waals surface area contributed by atoms with Crippen molar-refractivity contribution in [3.63, 3.8) is 0 Å². The molecule has 0 spiro atoms. The normalized spacial score (nSPS) is 14.0. The number of rotatable bonds is 5.